The van der Waals surface area contributed by atoms with Gasteiger partial charge < -0.3 is 4.98 Å². The van der Waals surface area contributed by atoms with Gasteiger partial charge in [0.2, 0.25) is 0 Å². The summed E-state index contributed by atoms with van der Waals surface area (Å²) in [5.74, 6) is -1.04. The Balaban J connectivity index is 1.83. The van der Waals surface area contributed by atoms with Gasteiger partial charge in [0.15, 0.2) is 0 Å². The molecule has 1 N–H and O–H groups in total. The standard InChI is InChI=1S/C20H14F2N2/c21-15-9-5-10-16(22)18(15)20-23-17-11-4-8-14(19(17)24-20)12-13-6-2-1-3-7-13/h1-11H,12H2,(H,23,24). The molecule has 0 spiro atoms. The molecule has 4 heteroatoms. The molecule has 0 atom stereocenters. The molecule has 0 aliphatic heterocycles. The lowest BCUT2D eigenvalue weighted by molar-refractivity contribution is 0.588. The van der Waals surface area contributed by atoms with Gasteiger partial charge in [-0.2, -0.15) is 0 Å². The van der Waals surface area contributed by atoms with Crippen molar-refractivity contribution in [3.8, 4) is 11.4 Å². The molecule has 2 nitrogen and oxygen atoms in total. The average molecular weight is 320 g/mol. The van der Waals surface area contributed by atoms with Crippen molar-refractivity contribution in [3.63, 3.8) is 0 Å². The van der Waals surface area contributed by atoms with Crippen LogP contribution in [0.4, 0.5) is 8.78 Å². The first kappa shape index (κ1) is 14.6. The van der Waals surface area contributed by atoms with Gasteiger partial charge in [0, 0.05) is 0 Å². The van der Waals surface area contributed by atoms with Crippen molar-refractivity contribution in [1.29, 1.82) is 0 Å². The van der Waals surface area contributed by atoms with Crippen LogP contribution in [-0.2, 0) is 6.42 Å². The number of H-pyrrole nitrogens is 1. The van der Waals surface area contributed by atoms with Crippen LogP contribution in [0.25, 0.3) is 22.4 Å². The van der Waals surface area contributed by atoms with Crippen LogP contribution in [-0.4, -0.2) is 9.97 Å². The highest BCUT2D eigenvalue weighted by molar-refractivity contribution is 5.83. The van der Waals surface area contributed by atoms with Gasteiger partial charge in [-0.25, -0.2) is 13.8 Å². The molecule has 0 bridgehead atoms. The van der Waals surface area contributed by atoms with Crippen molar-refractivity contribution >= 4 is 11.0 Å². The van der Waals surface area contributed by atoms with Gasteiger partial charge in [-0.3, -0.25) is 0 Å². The molecule has 118 valence electrons. The highest BCUT2D eigenvalue weighted by atomic mass is 19.1. The van der Waals surface area contributed by atoms with Gasteiger partial charge in [0.1, 0.15) is 17.5 Å². The summed E-state index contributed by atoms with van der Waals surface area (Å²) in [7, 11) is 0. The molecule has 1 aromatic heterocycles. The molecule has 4 rings (SSSR count). The number of benzene rings is 3. The summed E-state index contributed by atoms with van der Waals surface area (Å²) >= 11 is 0. The van der Waals surface area contributed by atoms with E-state index in [2.05, 4.69) is 9.97 Å². The normalized spacial score (nSPS) is 11.1. The van der Waals surface area contributed by atoms with Crippen LogP contribution >= 0.6 is 0 Å². The number of nitrogens with one attached hydrogen (secondary N) is 1. The van der Waals surface area contributed by atoms with E-state index in [9.17, 15) is 8.78 Å². The van der Waals surface area contributed by atoms with E-state index >= 15 is 0 Å². The Morgan fingerprint density at radius 1 is 0.792 bits per heavy atom. The summed E-state index contributed by atoms with van der Waals surface area (Å²) in [6, 6.07) is 19.6. The van der Waals surface area contributed by atoms with E-state index < -0.39 is 11.6 Å². The minimum absolute atomic E-state index is 0.126. The molecule has 24 heavy (non-hydrogen) atoms. The summed E-state index contributed by atoms with van der Waals surface area (Å²) < 4.78 is 28.0. The van der Waals surface area contributed by atoms with Gasteiger partial charge in [-0.05, 0) is 35.7 Å². The van der Waals surface area contributed by atoms with Gasteiger partial charge in [-0.15, -0.1) is 0 Å². The maximum Gasteiger partial charge on any atom is 0.144 e. The number of hydrogen-bond acceptors (Lipinski definition) is 1. The van der Waals surface area contributed by atoms with Crippen LogP contribution in [0, 0.1) is 11.6 Å². The Morgan fingerprint density at radius 3 is 2.25 bits per heavy atom. The molecule has 4 aromatic rings. The molecule has 0 saturated carbocycles. The van der Waals surface area contributed by atoms with Crippen LogP contribution in [0.5, 0.6) is 0 Å². The van der Waals surface area contributed by atoms with Crippen LogP contribution in [0.3, 0.4) is 0 Å². The molecule has 1 heterocycles. The average Bonchev–Trinajstić information content (AvgIpc) is 3.00. The van der Waals surface area contributed by atoms with Crippen molar-refractivity contribution < 1.29 is 8.78 Å². The van der Waals surface area contributed by atoms with Gasteiger partial charge in [0.05, 0.1) is 16.6 Å². The number of fused-ring (bicyclic) bond motifs is 1. The van der Waals surface area contributed by atoms with E-state index in [-0.39, 0.29) is 11.4 Å². The molecular weight excluding hydrogens is 306 g/mol. The van der Waals surface area contributed by atoms with E-state index in [1.165, 1.54) is 18.2 Å². The van der Waals surface area contributed by atoms with Crippen molar-refractivity contribution in [3.05, 3.63) is 89.5 Å². The van der Waals surface area contributed by atoms with E-state index in [1.54, 1.807) is 0 Å². The molecular formula is C20H14F2N2. The summed E-state index contributed by atoms with van der Waals surface area (Å²) in [4.78, 5) is 7.49. The molecule has 0 amide bonds. The van der Waals surface area contributed by atoms with Crippen LogP contribution < -0.4 is 0 Å². The van der Waals surface area contributed by atoms with E-state index in [1.807, 2.05) is 48.5 Å². The number of rotatable bonds is 3. The van der Waals surface area contributed by atoms with E-state index in [0.29, 0.717) is 6.42 Å². The van der Waals surface area contributed by atoms with Crippen LogP contribution in [0.1, 0.15) is 11.1 Å². The fraction of sp³-hybridized carbons (Fsp3) is 0.0500. The monoisotopic (exact) mass is 320 g/mol. The number of nitrogens with zero attached hydrogens (tertiary/aromatic N) is 1. The third-order valence-electron chi connectivity index (χ3n) is 4.03. The number of imidazole rings is 1. The summed E-state index contributed by atoms with van der Waals surface area (Å²) in [5, 5.41) is 0. The smallest absolute Gasteiger partial charge is 0.144 e. The first-order valence-electron chi connectivity index (χ1n) is 7.68. The highest BCUT2D eigenvalue weighted by Crippen LogP contribution is 2.27. The predicted octanol–water partition coefficient (Wildman–Crippen LogP) is 5.10. The SMILES string of the molecule is Fc1cccc(F)c1-c1nc2c(Cc3ccccc3)cccc2[nH]1. The second-order valence-electron chi connectivity index (χ2n) is 5.66. The molecule has 0 aliphatic rings. The predicted molar refractivity (Wildman–Crippen MR) is 90.7 cm³/mol. The summed E-state index contributed by atoms with van der Waals surface area (Å²) in [6.07, 6.45) is 0.711. The zero-order chi connectivity index (χ0) is 16.5. The lowest BCUT2D eigenvalue weighted by Gasteiger charge is -2.02. The second-order valence-corrected chi connectivity index (χ2v) is 5.66. The molecule has 0 unspecified atom stereocenters. The molecule has 0 aliphatic carbocycles. The Hall–Kier alpha value is -3.01. The minimum Gasteiger partial charge on any atom is -0.338 e. The Bertz CT molecular complexity index is 987. The van der Waals surface area contributed by atoms with Crippen molar-refractivity contribution in [1.82, 2.24) is 9.97 Å². The quantitative estimate of drug-likeness (QED) is 0.559. The Kier molecular flexibility index (Phi) is 3.58. The number of halogens is 2. The minimum atomic E-state index is -0.626. The second kappa shape index (κ2) is 5.89. The Labute approximate surface area is 137 Å². The number of hydrogen-bond donors (Lipinski definition) is 1. The molecule has 0 radical (unpaired) electrons. The Morgan fingerprint density at radius 2 is 1.50 bits per heavy atom. The van der Waals surface area contributed by atoms with Crippen molar-refractivity contribution in [2.75, 3.05) is 0 Å². The number of para-hydroxylation sites is 1. The summed E-state index contributed by atoms with van der Waals surface area (Å²) in [5.41, 5.74) is 3.55. The zero-order valence-corrected chi connectivity index (χ0v) is 12.8. The largest absolute Gasteiger partial charge is 0.338 e. The fourth-order valence-corrected chi connectivity index (χ4v) is 2.89. The fourth-order valence-electron chi connectivity index (χ4n) is 2.89. The first-order valence-corrected chi connectivity index (χ1v) is 7.68. The highest BCUT2D eigenvalue weighted by Gasteiger charge is 2.16. The van der Waals surface area contributed by atoms with Gasteiger partial charge in [-0.1, -0.05) is 48.5 Å². The van der Waals surface area contributed by atoms with Gasteiger partial charge >= 0.3 is 0 Å². The first-order chi connectivity index (χ1) is 11.7. The number of aromatic amines is 1. The summed E-state index contributed by atoms with van der Waals surface area (Å²) in [6.45, 7) is 0. The zero-order valence-electron chi connectivity index (χ0n) is 12.8. The lowest BCUT2D eigenvalue weighted by Crippen LogP contribution is -1.91. The van der Waals surface area contributed by atoms with Crippen LogP contribution in [0.2, 0.25) is 0 Å². The third-order valence-corrected chi connectivity index (χ3v) is 4.03. The molecule has 0 fully saturated rings. The van der Waals surface area contributed by atoms with Gasteiger partial charge in [0.25, 0.3) is 0 Å². The molecule has 3 aromatic carbocycles. The van der Waals surface area contributed by atoms with E-state index in [0.717, 1.165) is 22.2 Å². The maximum atomic E-state index is 14.0. The maximum absolute atomic E-state index is 14.0. The lowest BCUT2D eigenvalue weighted by atomic mass is 10.0. The van der Waals surface area contributed by atoms with Crippen molar-refractivity contribution in [2.24, 2.45) is 0 Å². The van der Waals surface area contributed by atoms with Crippen molar-refractivity contribution in [2.45, 2.75) is 6.42 Å². The molecule has 0 saturated heterocycles. The van der Waals surface area contributed by atoms with E-state index in [4.69, 9.17) is 0 Å². The van der Waals surface area contributed by atoms with Crippen LogP contribution in [0.15, 0.2) is 66.7 Å². The number of aromatic nitrogens is 2. The third kappa shape index (κ3) is 2.56. The topological polar surface area (TPSA) is 28.7 Å².